The molecule has 0 aliphatic rings. The zero-order valence-electron chi connectivity index (χ0n) is 7.60. The van der Waals surface area contributed by atoms with Crippen molar-refractivity contribution >= 4 is 0 Å². The van der Waals surface area contributed by atoms with Gasteiger partial charge in [-0.15, -0.1) is 0 Å². The minimum atomic E-state index is 0.339. The van der Waals surface area contributed by atoms with Crippen LogP contribution in [0, 0.1) is 0 Å². The molecular formula is C8H20N2O. The molecule has 0 aliphatic heterocycles. The molecule has 3 N–H and O–H groups in total. The van der Waals surface area contributed by atoms with Crippen molar-refractivity contribution in [3.8, 4) is 0 Å². The van der Waals surface area contributed by atoms with Crippen molar-refractivity contribution in [1.29, 1.82) is 0 Å². The Morgan fingerprint density at radius 3 is 2.64 bits per heavy atom. The Balaban J connectivity index is 2.80. The molecule has 0 aromatic heterocycles. The van der Waals surface area contributed by atoms with Gasteiger partial charge in [-0.05, 0) is 33.4 Å². The summed E-state index contributed by atoms with van der Waals surface area (Å²) in [6.45, 7) is 7.57. The van der Waals surface area contributed by atoms with Crippen LogP contribution < -0.4 is 11.1 Å². The van der Waals surface area contributed by atoms with Crippen LogP contribution in [-0.2, 0) is 4.74 Å². The SMILES string of the molecule is CC(C)OCCNCCCN. The smallest absolute Gasteiger partial charge is 0.0594 e. The molecule has 68 valence electrons. The van der Waals surface area contributed by atoms with Crippen LogP contribution in [0.3, 0.4) is 0 Å². The first-order valence-electron chi connectivity index (χ1n) is 4.29. The van der Waals surface area contributed by atoms with Crippen molar-refractivity contribution in [3.63, 3.8) is 0 Å². The second kappa shape index (κ2) is 7.98. The van der Waals surface area contributed by atoms with E-state index in [0.29, 0.717) is 6.10 Å². The van der Waals surface area contributed by atoms with Gasteiger partial charge in [0.25, 0.3) is 0 Å². The van der Waals surface area contributed by atoms with Crippen molar-refractivity contribution in [2.24, 2.45) is 5.73 Å². The summed E-state index contributed by atoms with van der Waals surface area (Å²) >= 11 is 0. The number of ether oxygens (including phenoxy) is 1. The monoisotopic (exact) mass is 160 g/mol. The van der Waals surface area contributed by atoms with E-state index in [0.717, 1.165) is 32.7 Å². The van der Waals surface area contributed by atoms with Crippen molar-refractivity contribution in [3.05, 3.63) is 0 Å². The van der Waals surface area contributed by atoms with E-state index in [-0.39, 0.29) is 0 Å². The van der Waals surface area contributed by atoms with Gasteiger partial charge in [-0.25, -0.2) is 0 Å². The quantitative estimate of drug-likeness (QED) is 0.528. The van der Waals surface area contributed by atoms with Gasteiger partial charge in [0.15, 0.2) is 0 Å². The molecule has 3 heteroatoms. The molecule has 0 aromatic carbocycles. The molecule has 0 aliphatic carbocycles. The van der Waals surface area contributed by atoms with Gasteiger partial charge < -0.3 is 15.8 Å². The number of hydrogen-bond acceptors (Lipinski definition) is 3. The Bertz CT molecular complexity index is 76.5. The minimum absolute atomic E-state index is 0.339. The summed E-state index contributed by atoms with van der Waals surface area (Å²) in [5.41, 5.74) is 5.32. The molecule has 11 heavy (non-hydrogen) atoms. The minimum Gasteiger partial charge on any atom is -0.377 e. The van der Waals surface area contributed by atoms with Gasteiger partial charge in [-0.1, -0.05) is 0 Å². The Labute approximate surface area is 69.3 Å². The second-order valence-corrected chi connectivity index (χ2v) is 2.81. The zero-order chi connectivity index (χ0) is 8.53. The summed E-state index contributed by atoms with van der Waals surface area (Å²) < 4.78 is 5.33. The maximum Gasteiger partial charge on any atom is 0.0594 e. The van der Waals surface area contributed by atoms with Gasteiger partial charge in [0.1, 0.15) is 0 Å². The van der Waals surface area contributed by atoms with Gasteiger partial charge in [0.2, 0.25) is 0 Å². The summed E-state index contributed by atoms with van der Waals surface area (Å²) in [7, 11) is 0. The van der Waals surface area contributed by atoms with Crippen LogP contribution in [0.2, 0.25) is 0 Å². The normalized spacial score (nSPS) is 10.9. The number of nitrogens with one attached hydrogen (secondary N) is 1. The first-order chi connectivity index (χ1) is 5.27. The lowest BCUT2D eigenvalue weighted by atomic mass is 10.4. The molecule has 0 unspecified atom stereocenters. The van der Waals surface area contributed by atoms with Crippen molar-refractivity contribution in [2.45, 2.75) is 26.4 Å². The summed E-state index contributed by atoms with van der Waals surface area (Å²) in [6, 6.07) is 0. The van der Waals surface area contributed by atoms with E-state index in [2.05, 4.69) is 5.32 Å². The highest BCUT2D eigenvalue weighted by atomic mass is 16.5. The second-order valence-electron chi connectivity index (χ2n) is 2.81. The average molecular weight is 160 g/mol. The Hall–Kier alpha value is -0.120. The molecule has 0 saturated carbocycles. The molecule has 0 atom stereocenters. The van der Waals surface area contributed by atoms with Crippen molar-refractivity contribution in [1.82, 2.24) is 5.32 Å². The zero-order valence-corrected chi connectivity index (χ0v) is 7.60. The van der Waals surface area contributed by atoms with Gasteiger partial charge in [0.05, 0.1) is 12.7 Å². The van der Waals surface area contributed by atoms with Crippen LogP contribution in [-0.4, -0.2) is 32.3 Å². The molecule has 0 heterocycles. The molecular weight excluding hydrogens is 140 g/mol. The fourth-order valence-corrected chi connectivity index (χ4v) is 0.719. The molecule has 0 saturated heterocycles. The van der Waals surface area contributed by atoms with E-state index in [1.54, 1.807) is 0 Å². The van der Waals surface area contributed by atoms with Crippen LogP contribution in [0.5, 0.6) is 0 Å². The number of nitrogens with two attached hydrogens (primary N) is 1. The summed E-state index contributed by atoms with van der Waals surface area (Å²) in [4.78, 5) is 0. The Morgan fingerprint density at radius 2 is 2.09 bits per heavy atom. The van der Waals surface area contributed by atoms with Crippen molar-refractivity contribution in [2.75, 3.05) is 26.2 Å². The van der Waals surface area contributed by atoms with E-state index >= 15 is 0 Å². The molecule has 3 nitrogen and oxygen atoms in total. The van der Waals surface area contributed by atoms with Crippen molar-refractivity contribution < 1.29 is 4.74 Å². The van der Waals surface area contributed by atoms with Gasteiger partial charge >= 0.3 is 0 Å². The van der Waals surface area contributed by atoms with Crippen LogP contribution in [0.4, 0.5) is 0 Å². The van der Waals surface area contributed by atoms with Crippen LogP contribution in [0.1, 0.15) is 20.3 Å². The fourth-order valence-electron chi connectivity index (χ4n) is 0.719. The highest BCUT2D eigenvalue weighted by molar-refractivity contribution is 4.47. The third kappa shape index (κ3) is 9.88. The lowest BCUT2D eigenvalue weighted by Crippen LogP contribution is -2.23. The standard InChI is InChI=1S/C8H20N2O/c1-8(2)11-7-6-10-5-3-4-9/h8,10H,3-7,9H2,1-2H3. The highest BCUT2D eigenvalue weighted by Crippen LogP contribution is 1.84. The van der Waals surface area contributed by atoms with E-state index in [1.165, 1.54) is 0 Å². The molecule has 0 amide bonds. The van der Waals surface area contributed by atoms with Gasteiger partial charge in [0, 0.05) is 6.54 Å². The summed E-state index contributed by atoms with van der Waals surface area (Å²) in [5, 5.41) is 3.24. The van der Waals surface area contributed by atoms with Crippen LogP contribution in [0.25, 0.3) is 0 Å². The predicted octanol–water partition coefficient (Wildman–Crippen LogP) is 0.350. The first kappa shape index (κ1) is 10.9. The number of hydrogen-bond donors (Lipinski definition) is 2. The Morgan fingerprint density at radius 1 is 1.36 bits per heavy atom. The molecule has 0 fully saturated rings. The Kier molecular flexibility index (Phi) is 7.89. The average Bonchev–Trinajstić information content (AvgIpc) is 1.96. The molecule has 0 radical (unpaired) electrons. The topological polar surface area (TPSA) is 47.3 Å². The largest absolute Gasteiger partial charge is 0.377 e. The van der Waals surface area contributed by atoms with Gasteiger partial charge in [-0.3, -0.25) is 0 Å². The third-order valence-corrected chi connectivity index (χ3v) is 1.29. The molecule has 0 spiro atoms. The fraction of sp³-hybridized carbons (Fsp3) is 1.00. The van der Waals surface area contributed by atoms with Crippen LogP contribution in [0.15, 0.2) is 0 Å². The third-order valence-electron chi connectivity index (χ3n) is 1.29. The maximum atomic E-state index is 5.33. The van der Waals surface area contributed by atoms with Crippen LogP contribution >= 0.6 is 0 Å². The lowest BCUT2D eigenvalue weighted by molar-refractivity contribution is 0.0809. The van der Waals surface area contributed by atoms with E-state index < -0.39 is 0 Å². The first-order valence-corrected chi connectivity index (χ1v) is 4.29. The highest BCUT2D eigenvalue weighted by Gasteiger charge is 1.91. The van der Waals surface area contributed by atoms with E-state index in [4.69, 9.17) is 10.5 Å². The predicted molar refractivity (Wildman–Crippen MR) is 47.6 cm³/mol. The summed E-state index contributed by atoms with van der Waals surface area (Å²) in [6.07, 6.45) is 1.38. The summed E-state index contributed by atoms with van der Waals surface area (Å²) in [5.74, 6) is 0. The van der Waals surface area contributed by atoms with E-state index in [9.17, 15) is 0 Å². The number of rotatable bonds is 7. The maximum absolute atomic E-state index is 5.33. The molecule has 0 bridgehead atoms. The van der Waals surface area contributed by atoms with Gasteiger partial charge in [-0.2, -0.15) is 0 Å². The lowest BCUT2D eigenvalue weighted by Gasteiger charge is -2.07. The molecule has 0 aromatic rings. The van der Waals surface area contributed by atoms with E-state index in [1.807, 2.05) is 13.8 Å². The molecule has 0 rings (SSSR count).